The van der Waals surface area contributed by atoms with E-state index < -0.39 is 0 Å². The van der Waals surface area contributed by atoms with Gasteiger partial charge in [-0.1, -0.05) is 26.0 Å². The van der Waals surface area contributed by atoms with E-state index in [1.807, 2.05) is 38.1 Å². The van der Waals surface area contributed by atoms with E-state index in [2.05, 4.69) is 10.1 Å². The predicted molar refractivity (Wildman–Crippen MR) is 74.0 cm³/mol. The van der Waals surface area contributed by atoms with E-state index in [0.29, 0.717) is 11.5 Å². The molecule has 18 heavy (non-hydrogen) atoms. The third-order valence-electron chi connectivity index (χ3n) is 3.14. The van der Waals surface area contributed by atoms with Gasteiger partial charge >= 0.3 is 5.97 Å². The molecule has 1 aliphatic heterocycles. The summed E-state index contributed by atoms with van der Waals surface area (Å²) < 4.78 is 4.67. The Bertz CT molecular complexity index is 353. The summed E-state index contributed by atoms with van der Waals surface area (Å²) in [4.78, 5) is 11.3. The second-order valence-electron chi connectivity index (χ2n) is 4.14. The predicted octanol–water partition coefficient (Wildman–Crippen LogP) is 2.97. The molecule has 1 N–H and O–H groups in total. The zero-order chi connectivity index (χ0) is 13.4. The van der Waals surface area contributed by atoms with Gasteiger partial charge in [0.15, 0.2) is 0 Å². The van der Waals surface area contributed by atoms with Crippen LogP contribution in [0, 0.1) is 0 Å². The molecule has 1 fully saturated rings. The van der Waals surface area contributed by atoms with Crippen molar-refractivity contribution in [3.63, 3.8) is 0 Å². The van der Waals surface area contributed by atoms with E-state index in [1.54, 1.807) is 0 Å². The van der Waals surface area contributed by atoms with Crippen LogP contribution in [-0.4, -0.2) is 26.2 Å². The lowest BCUT2D eigenvalue weighted by Crippen LogP contribution is -2.26. The minimum absolute atomic E-state index is 0.267. The van der Waals surface area contributed by atoms with Crippen LogP contribution >= 0.6 is 0 Å². The molecule has 2 rings (SSSR count). The van der Waals surface area contributed by atoms with Crippen molar-refractivity contribution in [2.45, 2.75) is 32.6 Å². The summed E-state index contributed by atoms with van der Waals surface area (Å²) in [6, 6.07) is 7.79. The Morgan fingerprint density at radius 3 is 2.22 bits per heavy atom. The molecule has 0 aliphatic carbocycles. The van der Waals surface area contributed by atoms with Crippen LogP contribution in [-0.2, 0) is 4.74 Å². The lowest BCUT2D eigenvalue weighted by Gasteiger charge is -2.22. The van der Waals surface area contributed by atoms with Gasteiger partial charge in [-0.25, -0.2) is 4.79 Å². The first-order valence-corrected chi connectivity index (χ1v) is 6.70. The highest BCUT2D eigenvalue weighted by Gasteiger charge is 2.15. The van der Waals surface area contributed by atoms with Crippen molar-refractivity contribution in [1.82, 2.24) is 5.32 Å². The number of hydrogen-bond acceptors (Lipinski definition) is 3. The van der Waals surface area contributed by atoms with Gasteiger partial charge < -0.3 is 10.1 Å². The number of rotatable bonds is 2. The van der Waals surface area contributed by atoms with Gasteiger partial charge in [0.2, 0.25) is 0 Å². The van der Waals surface area contributed by atoms with Crippen LogP contribution in [0.1, 0.15) is 48.5 Å². The van der Waals surface area contributed by atoms with Gasteiger partial charge in [-0.05, 0) is 49.5 Å². The Kier molecular flexibility index (Phi) is 6.44. The number of nitrogens with one attached hydrogen (secondary N) is 1. The average Bonchev–Trinajstić information content (AvgIpc) is 2.49. The van der Waals surface area contributed by atoms with Crippen molar-refractivity contribution >= 4 is 5.97 Å². The third kappa shape index (κ3) is 3.84. The van der Waals surface area contributed by atoms with E-state index in [1.165, 1.54) is 25.5 Å². The number of carbonyl (C=O) groups excluding carboxylic acids is 1. The standard InChI is InChI=1S/C13H17NO2.C2H6/c1-16-13(15)12-4-2-10(3-5-12)11-6-8-14-9-7-11;1-2/h2-5,11,14H,6-9H2,1H3;1-2H3. The summed E-state index contributed by atoms with van der Waals surface area (Å²) in [6.45, 7) is 6.17. The fourth-order valence-electron chi connectivity index (χ4n) is 2.16. The molecule has 1 aromatic carbocycles. The third-order valence-corrected chi connectivity index (χ3v) is 3.14. The minimum atomic E-state index is -0.267. The van der Waals surface area contributed by atoms with Gasteiger partial charge in [-0.3, -0.25) is 0 Å². The fourth-order valence-corrected chi connectivity index (χ4v) is 2.16. The second kappa shape index (κ2) is 7.88. The molecule has 0 atom stereocenters. The Labute approximate surface area is 110 Å². The van der Waals surface area contributed by atoms with E-state index in [4.69, 9.17) is 0 Å². The van der Waals surface area contributed by atoms with Crippen molar-refractivity contribution in [1.29, 1.82) is 0 Å². The van der Waals surface area contributed by atoms with Crippen molar-refractivity contribution in [3.8, 4) is 0 Å². The summed E-state index contributed by atoms with van der Waals surface area (Å²) in [5.41, 5.74) is 1.95. The number of esters is 1. The van der Waals surface area contributed by atoms with E-state index >= 15 is 0 Å². The molecule has 0 saturated carbocycles. The van der Waals surface area contributed by atoms with Gasteiger partial charge in [0.1, 0.15) is 0 Å². The van der Waals surface area contributed by atoms with Gasteiger partial charge in [-0.15, -0.1) is 0 Å². The quantitative estimate of drug-likeness (QED) is 0.819. The van der Waals surface area contributed by atoms with Crippen molar-refractivity contribution in [3.05, 3.63) is 35.4 Å². The molecule has 1 saturated heterocycles. The maximum Gasteiger partial charge on any atom is 0.337 e. The maximum atomic E-state index is 11.3. The Morgan fingerprint density at radius 1 is 1.17 bits per heavy atom. The topological polar surface area (TPSA) is 38.3 Å². The monoisotopic (exact) mass is 249 g/mol. The number of benzene rings is 1. The van der Waals surface area contributed by atoms with Crippen LogP contribution in [0.4, 0.5) is 0 Å². The summed E-state index contributed by atoms with van der Waals surface area (Å²) in [6.07, 6.45) is 2.36. The maximum absolute atomic E-state index is 11.3. The highest BCUT2D eigenvalue weighted by molar-refractivity contribution is 5.89. The van der Waals surface area contributed by atoms with Gasteiger partial charge in [0.25, 0.3) is 0 Å². The van der Waals surface area contributed by atoms with Crippen LogP contribution in [0.3, 0.4) is 0 Å². The molecular weight excluding hydrogens is 226 g/mol. The first-order chi connectivity index (χ1) is 8.81. The van der Waals surface area contributed by atoms with Crippen LogP contribution < -0.4 is 5.32 Å². The molecule has 0 unspecified atom stereocenters. The molecule has 0 aromatic heterocycles. The van der Waals surface area contributed by atoms with Gasteiger partial charge in [0, 0.05) is 0 Å². The SMILES string of the molecule is CC.COC(=O)c1ccc(C2CCNCC2)cc1. The normalized spacial score (nSPS) is 15.5. The molecule has 1 aliphatic rings. The number of carbonyl (C=O) groups is 1. The van der Waals surface area contributed by atoms with E-state index in [9.17, 15) is 4.79 Å². The average molecular weight is 249 g/mol. The highest BCUT2D eigenvalue weighted by Crippen LogP contribution is 2.25. The van der Waals surface area contributed by atoms with E-state index in [-0.39, 0.29) is 5.97 Å². The Balaban J connectivity index is 0.000000771. The molecule has 1 heterocycles. The van der Waals surface area contributed by atoms with Crippen molar-refractivity contribution < 1.29 is 9.53 Å². The summed E-state index contributed by atoms with van der Waals surface area (Å²) >= 11 is 0. The van der Waals surface area contributed by atoms with Crippen LogP contribution in [0.15, 0.2) is 24.3 Å². The fraction of sp³-hybridized carbons (Fsp3) is 0.533. The summed E-state index contributed by atoms with van der Waals surface area (Å²) in [5, 5.41) is 3.35. The molecule has 0 spiro atoms. The molecule has 0 bridgehead atoms. The summed E-state index contributed by atoms with van der Waals surface area (Å²) in [7, 11) is 1.41. The molecule has 3 nitrogen and oxygen atoms in total. The molecule has 3 heteroatoms. The Hall–Kier alpha value is -1.35. The number of ether oxygens (including phenoxy) is 1. The second-order valence-corrected chi connectivity index (χ2v) is 4.14. The molecule has 100 valence electrons. The first-order valence-electron chi connectivity index (χ1n) is 6.70. The zero-order valence-electron chi connectivity index (χ0n) is 11.5. The molecular formula is C15H23NO2. The first kappa shape index (κ1) is 14.7. The molecule has 0 radical (unpaired) electrons. The minimum Gasteiger partial charge on any atom is -0.465 e. The Morgan fingerprint density at radius 2 is 1.72 bits per heavy atom. The molecule has 0 amide bonds. The van der Waals surface area contributed by atoms with Crippen LogP contribution in [0.25, 0.3) is 0 Å². The largest absolute Gasteiger partial charge is 0.465 e. The van der Waals surface area contributed by atoms with E-state index in [0.717, 1.165) is 13.1 Å². The summed E-state index contributed by atoms with van der Waals surface area (Å²) in [5.74, 6) is 0.366. The smallest absolute Gasteiger partial charge is 0.337 e. The number of piperidine rings is 1. The van der Waals surface area contributed by atoms with Gasteiger partial charge in [0.05, 0.1) is 12.7 Å². The highest BCUT2D eigenvalue weighted by atomic mass is 16.5. The van der Waals surface area contributed by atoms with Crippen LogP contribution in [0.5, 0.6) is 0 Å². The van der Waals surface area contributed by atoms with Gasteiger partial charge in [-0.2, -0.15) is 0 Å². The van der Waals surface area contributed by atoms with Crippen molar-refractivity contribution in [2.75, 3.05) is 20.2 Å². The van der Waals surface area contributed by atoms with Crippen molar-refractivity contribution in [2.24, 2.45) is 0 Å². The number of hydrogen-bond donors (Lipinski definition) is 1. The van der Waals surface area contributed by atoms with Crippen LogP contribution in [0.2, 0.25) is 0 Å². The zero-order valence-corrected chi connectivity index (χ0v) is 11.5. The molecule has 1 aromatic rings. The number of methoxy groups -OCH3 is 1. The lowest BCUT2D eigenvalue weighted by atomic mass is 9.90. The lowest BCUT2D eigenvalue weighted by molar-refractivity contribution is 0.0600.